The molecule has 8 heteroatoms. The molecule has 1 amide bonds. The second-order valence-electron chi connectivity index (χ2n) is 7.97. The van der Waals surface area contributed by atoms with Gasteiger partial charge in [-0.05, 0) is 66.9 Å². The maximum Gasteiger partial charge on any atom is 0.417 e. The van der Waals surface area contributed by atoms with Crippen LogP contribution >= 0.6 is 11.6 Å². The number of carbonyl (C=O) groups excluding carboxylic acids is 1. The quantitative estimate of drug-likeness (QED) is 0.440. The van der Waals surface area contributed by atoms with E-state index in [2.05, 4.69) is 5.32 Å². The highest BCUT2D eigenvalue weighted by atomic mass is 35.5. The average molecular weight is 485 g/mol. The topological polar surface area (TPSA) is 75.7 Å². The molecule has 3 aromatic carbocycles. The molecule has 0 radical (unpaired) electrons. The van der Waals surface area contributed by atoms with Gasteiger partial charge in [0.15, 0.2) is 0 Å². The van der Waals surface area contributed by atoms with Gasteiger partial charge in [-0.25, -0.2) is 13.2 Å². The van der Waals surface area contributed by atoms with Gasteiger partial charge in [0.05, 0.1) is 4.90 Å². The van der Waals surface area contributed by atoms with Gasteiger partial charge in [-0.1, -0.05) is 54.8 Å². The van der Waals surface area contributed by atoms with E-state index in [9.17, 15) is 13.2 Å². The number of hydrogen-bond donors (Lipinski definition) is 1. The number of halogens is 1. The Morgan fingerprint density at radius 1 is 0.939 bits per heavy atom. The molecule has 4 rings (SSSR count). The molecular formula is C25H25ClN2O4S. The number of amides is 1. The van der Waals surface area contributed by atoms with E-state index >= 15 is 0 Å². The first-order valence-corrected chi connectivity index (χ1v) is 12.6. The number of para-hydroxylation sites is 1. The highest BCUT2D eigenvalue weighted by Gasteiger charge is 2.33. The molecule has 0 heterocycles. The van der Waals surface area contributed by atoms with Crippen LogP contribution in [0.4, 0.5) is 10.5 Å². The Hall–Kier alpha value is -2.87. The van der Waals surface area contributed by atoms with Crippen LogP contribution in [0.3, 0.4) is 0 Å². The smallest absolute Gasteiger partial charge is 0.410 e. The summed E-state index contributed by atoms with van der Waals surface area (Å²) < 4.78 is 33.9. The van der Waals surface area contributed by atoms with E-state index in [1.807, 2.05) is 18.2 Å². The molecule has 0 saturated heterocycles. The summed E-state index contributed by atoms with van der Waals surface area (Å²) in [6.45, 7) is 0.285. The van der Waals surface area contributed by atoms with Gasteiger partial charge in [-0.3, -0.25) is 5.32 Å². The van der Waals surface area contributed by atoms with Crippen LogP contribution in [0.1, 0.15) is 31.2 Å². The van der Waals surface area contributed by atoms with Gasteiger partial charge in [0, 0.05) is 23.3 Å². The average Bonchev–Trinajstić information content (AvgIpc) is 3.34. The van der Waals surface area contributed by atoms with Crippen molar-refractivity contribution in [3.63, 3.8) is 0 Å². The third-order valence-electron chi connectivity index (χ3n) is 5.64. The van der Waals surface area contributed by atoms with Gasteiger partial charge in [0.25, 0.3) is 0 Å². The Bertz CT molecular complexity index is 1180. The highest BCUT2D eigenvalue weighted by molar-refractivity contribution is 7.89. The summed E-state index contributed by atoms with van der Waals surface area (Å²) in [7, 11) is -3.73. The molecule has 1 fully saturated rings. The van der Waals surface area contributed by atoms with Crippen molar-refractivity contribution >= 4 is 33.4 Å². The van der Waals surface area contributed by atoms with Gasteiger partial charge in [-0.2, -0.15) is 4.31 Å². The molecule has 1 saturated carbocycles. The summed E-state index contributed by atoms with van der Waals surface area (Å²) in [5.41, 5.74) is 1.33. The number of anilines is 1. The number of nitrogens with zero attached hydrogens (tertiary/aromatic N) is 1. The maximum absolute atomic E-state index is 13.6. The lowest BCUT2D eigenvalue weighted by atomic mass is 10.2. The van der Waals surface area contributed by atoms with E-state index in [0.717, 1.165) is 31.2 Å². The Labute approximate surface area is 199 Å². The van der Waals surface area contributed by atoms with Crippen LogP contribution in [0.5, 0.6) is 5.75 Å². The minimum absolute atomic E-state index is 0.0377. The second-order valence-corrected chi connectivity index (χ2v) is 10.3. The van der Waals surface area contributed by atoms with Crippen LogP contribution in [0.15, 0.2) is 83.8 Å². The molecular weight excluding hydrogens is 460 g/mol. The Balaban J connectivity index is 1.50. The maximum atomic E-state index is 13.6. The minimum atomic E-state index is -3.73. The van der Waals surface area contributed by atoms with Gasteiger partial charge < -0.3 is 4.74 Å². The first kappa shape index (κ1) is 23.3. The zero-order valence-corrected chi connectivity index (χ0v) is 19.6. The van der Waals surface area contributed by atoms with Crippen molar-refractivity contribution in [2.24, 2.45) is 0 Å². The normalized spacial score (nSPS) is 14.4. The predicted molar refractivity (Wildman–Crippen MR) is 129 cm³/mol. The Morgan fingerprint density at radius 3 is 2.21 bits per heavy atom. The van der Waals surface area contributed by atoms with E-state index < -0.39 is 16.1 Å². The van der Waals surface area contributed by atoms with E-state index in [4.69, 9.17) is 16.3 Å². The molecule has 1 aliphatic rings. The first-order valence-electron chi connectivity index (χ1n) is 10.8. The fourth-order valence-electron chi connectivity index (χ4n) is 3.96. The summed E-state index contributed by atoms with van der Waals surface area (Å²) in [5.74, 6) is 0.420. The summed E-state index contributed by atoms with van der Waals surface area (Å²) >= 11 is 5.99. The van der Waals surface area contributed by atoms with E-state index in [1.165, 1.54) is 12.1 Å². The van der Waals surface area contributed by atoms with Crippen LogP contribution < -0.4 is 10.1 Å². The standard InChI is InChI=1S/C25H25ClN2O4S/c26-20-12-10-19(11-13-20)18-28(22-6-4-5-7-22)33(30,31)24-16-14-21(15-17-24)27-25(29)32-23-8-2-1-3-9-23/h1-3,8-17,22H,4-7,18H2,(H,27,29). The largest absolute Gasteiger partial charge is 0.417 e. The van der Waals surface area contributed by atoms with Gasteiger partial charge >= 0.3 is 6.09 Å². The molecule has 0 aromatic heterocycles. The predicted octanol–water partition coefficient (Wildman–Crippen LogP) is 6.08. The highest BCUT2D eigenvalue weighted by Crippen LogP contribution is 2.31. The van der Waals surface area contributed by atoms with Crippen LogP contribution in [0.2, 0.25) is 5.02 Å². The third kappa shape index (κ3) is 5.93. The van der Waals surface area contributed by atoms with Crippen molar-refractivity contribution in [2.75, 3.05) is 5.32 Å². The molecule has 6 nitrogen and oxygen atoms in total. The van der Waals surface area contributed by atoms with Crippen molar-refractivity contribution in [1.29, 1.82) is 0 Å². The number of carbonyl (C=O) groups is 1. The Kier molecular flexibility index (Phi) is 7.33. The Morgan fingerprint density at radius 2 is 1.58 bits per heavy atom. The fourth-order valence-corrected chi connectivity index (χ4v) is 5.76. The van der Waals surface area contributed by atoms with Crippen molar-refractivity contribution in [1.82, 2.24) is 4.31 Å². The van der Waals surface area contributed by atoms with Crippen LogP contribution in [-0.2, 0) is 16.6 Å². The lowest BCUT2D eigenvalue weighted by Gasteiger charge is -2.28. The van der Waals surface area contributed by atoms with Crippen LogP contribution in [0.25, 0.3) is 0 Å². The lowest BCUT2D eigenvalue weighted by Crippen LogP contribution is -2.38. The zero-order valence-electron chi connectivity index (χ0n) is 18.0. The molecule has 0 spiro atoms. The van der Waals surface area contributed by atoms with Crippen LogP contribution in [-0.4, -0.2) is 24.9 Å². The summed E-state index contributed by atoms with van der Waals surface area (Å²) in [6, 6.07) is 22.1. The van der Waals surface area contributed by atoms with Gasteiger partial charge in [-0.15, -0.1) is 0 Å². The van der Waals surface area contributed by atoms with E-state index in [1.54, 1.807) is 52.8 Å². The minimum Gasteiger partial charge on any atom is -0.410 e. The molecule has 3 aromatic rings. The molecule has 1 aliphatic carbocycles. The summed E-state index contributed by atoms with van der Waals surface area (Å²) in [5, 5.41) is 3.23. The zero-order chi connectivity index (χ0) is 23.3. The summed E-state index contributed by atoms with van der Waals surface area (Å²) in [4.78, 5) is 12.3. The number of sulfonamides is 1. The fraction of sp³-hybridized carbons (Fsp3) is 0.240. The molecule has 0 unspecified atom stereocenters. The number of benzene rings is 3. The van der Waals surface area contributed by atoms with E-state index in [-0.39, 0.29) is 17.5 Å². The molecule has 1 N–H and O–H groups in total. The van der Waals surface area contributed by atoms with Crippen molar-refractivity contribution in [2.45, 2.75) is 43.2 Å². The number of rotatable bonds is 7. The van der Waals surface area contributed by atoms with Gasteiger partial charge in [0.2, 0.25) is 10.0 Å². The van der Waals surface area contributed by atoms with Crippen LogP contribution in [0, 0.1) is 0 Å². The number of nitrogens with one attached hydrogen (secondary N) is 1. The molecule has 0 bridgehead atoms. The van der Waals surface area contributed by atoms with Crippen molar-refractivity contribution < 1.29 is 17.9 Å². The molecule has 0 aliphatic heterocycles. The van der Waals surface area contributed by atoms with E-state index in [0.29, 0.717) is 16.5 Å². The van der Waals surface area contributed by atoms with Crippen molar-refractivity contribution in [3.8, 4) is 5.75 Å². The summed E-state index contributed by atoms with van der Waals surface area (Å²) in [6.07, 6.45) is 3.08. The number of hydrogen-bond acceptors (Lipinski definition) is 4. The molecule has 33 heavy (non-hydrogen) atoms. The molecule has 172 valence electrons. The number of ether oxygens (including phenoxy) is 1. The monoisotopic (exact) mass is 484 g/mol. The second kappa shape index (κ2) is 10.4. The SMILES string of the molecule is O=C(Nc1ccc(S(=O)(=O)N(Cc2ccc(Cl)cc2)C2CCCC2)cc1)Oc1ccccc1. The van der Waals surface area contributed by atoms with Gasteiger partial charge in [0.1, 0.15) is 5.75 Å². The molecule has 0 atom stereocenters. The van der Waals surface area contributed by atoms with Crippen molar-refractivity contribution in [3.05, 3.63) is 89.4 Å². The first-order chi connectivity index (χ1) is 15.9. The lowest BCUT2D eigenvalue weighted by molar-refractivity contribution is 0.215. The third-order valence-corrected chi connectivity index (χ3v) is 7.81.